The first-order valence-electron chi connectivity index (χ1n) is 5.67. The highest BCUT2D eigenvalue weighted by molar-refractivity contribution is 6.05. The fourth-order valence-electron chi connectivity index (χ4n) is 2.27. The first-order chi connectivity index (χ1) is 7.91. The molecule has 2 rings (SSSR count). The summed E-state index contributed by atoms with van der Waals surface area (Å²) in [5.41, 5.74) is -1.16. The van der Waals surface area contributed by atoms with Gasteiger partial charge in [-0.25, -0.2) is 8.78 Å². The summed E-state index contributed by atoms with van der Waals surface area (Å²) in [5, 5.41) is 0. The third-order valence-electron chi connectivity index (χ3n) is 3.42. The van der Waals surface area contributed by atoms with Gasteiger partial charge in [-0.2, -0.15) is 0 Å². The zero-order chi connectivity index (χ0) is 12.7. The molecule has 17 heavy (non-hydrogen) atoms. The fourth-order valence-corrected chi connectivity index (χ4v) is 2.27. The molecule has 0 atom stereocenters. The van der Waals surface area contributed by atoms with E-state index in [1.165, 1.54) is 7.11 Å². The van der Waals surface area contributed by atoms with Gasteiger partial charge >= 0.3 is 5.97 Å². The van der Waals surface area contributed by atoms with E-state index >= 15 is 0 Å². The van der Waals surface area contributed by atoms with Gasteiger partial charge in [-0.1, -0.05) is 0 Å². The highest BCUT2D eigenvalue weighted by Gasteiger charge is 2.60. The van der Waals surface area contributed by atoms with E-state index in [-0.39, 0.29) is 12.8 Å². The standard InChI is InChI=1S/C11H15F2NO3/c1-17-9(16)10(4-5-10)8(15)14-6-2-3-11(12,13)7-14/h2-7H2,1H3. The number of alkyl halides is 2. The van der Waals surface area contributed by atoms with E-state index in [4.69, 9.17) is 0 Å². The first-order valence-corrected chi connectivity index (χ1v) is 5.67. The molecule has 6 heteroatoms. The molecule has 96 valence electrons. The quantitative estimate of drug-likeness (QED) is 0.544. The summed E-state index contributed by atoms with van der Waals surface area (Å²) in [6.07, 6.45) is 0.888. The second-order valence-electron chi connectivity index (χ2n) is 4.76. The maximum absolute atomic E-state index is 13.2. The first kappa shape index (κ1) is 12.3. The van der Waals surface area contributed by atoms with Crippen molar-refractivity contribution in [1.82, 2.24) is 4.90 Å². The second-order valence-corrected chi connectivity index (χ2v) is 4.76. The molecule has 0 unspecified atom stereocenters. The summed E-state index contributed by atoms with van der Waals surface area (Å²) in [4.78, 5) is 24.7. The molecule has 1 amide bonds. The minimum Gasteiger partial charge on any atom is -0.468 e. The molecule has 1 aliphatic heterocycles. The Kier molecular flexibility index (Phi) is 2.83. The van der Waals surface area contributed by atoms with Crippen LogP contribution < -0.4 is 0 Å². The number of amides is 1. The predicted molar refractivity (Wildman–Crippen MR) is 54.4 cm³/mol. The van der Waals surface area contributed by atoms with Crippen LogP contribution in [0.25, 0.3) is 0 Å². The van der Waals surface area contributed by atoms with E-state index in [0.717, 1.165) is 4.90 Å². The summed E-state index contributed by atoms with van der Waals surface area (Å²) in [6.45, 7) is -0.280. The summed E-state index contributed by atoms with van der Waals surface area (Å²) in [7, 11) is 1.21. The lowest BCUT2D eigenvalue weighted by Gasteiger charge is -2.34. The van der Waals surface area contributed by atoms with Crippen LogP contribution in [0.2, 0.25) is 0 Å². The third-order valence-corrected chi connectivity index (χ3v) is 3.42. The number of ether oxygens (including phenoxy) is 1. The van der Waals surface area contributed by atoms with Crippen LogP contribution in [0.3, 0.4) is 0 Å². The molecule has 0 aromatic rings. The van der Waals surface area contributed by atoms with E-state index in [2.05, 4.69) is 4.74 Å². The van der Waals surface area contributed by atoms with Crippen molar-refractivity contribution in [3.8, 4) is 0 Å². The van der Waals surface area contributed by atoms with Gasteiger partial charge in [-0.15, -0.1) is 0 Å². The number of esters is 1. The SMILES string of the molecule is COC(=O)C1(C(=O)N2CCCC(F)(F)C2)CC1. The van der Waals surface area contributed by atoms with Crippen molar-refractivity contribution in [3.63, 3.8) is 0 Å². The van der Waals surface area contributed by atoms with Crippen LogP contribution in [-0.4, -0.2) is 42.9 Å². The Balaban J connectivity index is 2.08. The van der Waals surface area contributed by atoms with E-state index < -0.39 is 29.8 Å². The number of hydrogen-bond donors (Lipinski definition) is 0. The van der Waals surface area contributed by atoms with Gasteiger partial charge in [0, 0.05) is 13.0 Å². The molecule has 2 fully saturated rings. The van der Waals surface area contributed by atoms with Crippen LogP contribution in [0.15, 0.2) is 0 Å². The molecule has 4 nitrogen and oxygen atoms in total. The van der Waals surface area contributed by atoms with Gasteiger partial charge < -0.3 is 9.64 Å². The van der Waals surface area contributed by atoms with Crippen molar-refractivity contribution in [1.29, 1.82) is 0 Å². The van der Waals surface area contributed by atoms with Gasteiger partial charge in [0.15, 0.2) is 0 Å². The van der Waals surface area contributed by atoms with Crippen LogP contribution >= 0.6 is 0 Å². The lowest BCUT2D eigenvalue weighted by atomic mass is 10.0. The van der Waals surface area contributed by atoms with Crippen molar-refractivity contribution >= 4 is 11.9 Å². The highest BCUT2D eigenvalue weighted by atomic mass is 19.3. The van der Waals surface area contributed by atoms with Gasteiger partial charge in [0.1, 0.15) is 5.41 Å². The number of methoxy groups -OCH3 is 1. The number of nitrogens with zero attached hydrogens (tertiary/aromatic N) is 1. The summed E-state index contributed by atoms with van der Waals surface area (Å²) >= 11 is 0. The van der Waals surface area contributed by atoms with Crippen molar-refractivity contribution in [2.75, 3.05) is 20.2 Å². The molecule has 1 aliphatic carbocycles. The molecular formula is C11H15F2NO3. The van der Waals surface area contributed by atoms with Crippen LogP contribution in [-0.2, 0) is 14.3 Å². The number of carbonyl (C=O) groups excluding carboxylic acids is 2. The fraction of sp³-hybridized carbons (Fsp3) is 0.818. The van der Waals surface area contributed by atoms with Gasteiger partial charge in [0.25, 0.3) is 5.92 Å². The Morgan fingerprint density at radius 3 is 2.35 bits per heavy atom. The van der Waals surface area contributed by atoms with Gasteiger partial charge in [0.2, 0.25) is 5.91 Å². The van der Waals surface area contributed by atoms with E-state index in [9.17, 15) is 18.4 Å². The molecule has 1 saturated carbocycles. The second kappa shape index (κ2) is 3.92. The normalized spacial score (nSPS) is 25.2. The molecule has 0 bridgehead atoms. The molecule has 1 heterocycles. The topological polar surface area (TPSA) is 46.6 Å². The molecule has 0 spiro atoms. The Morgan fingerprint density at radius 1 is 1.24 bits per heavy atom. The highest BCUT2D eigenvalue weighted by Crippen LogP contribution is 2.49. The molecule has 0 aromatic carbocycles. The molecule has 1 saturated heterocycles. The van der Waals surface area contributed by atoms with Gasteiger partial charge in [-0.3, -0.25) is 9.59 Å². The maximum Gasteiger partial charge on any atom is 0.321 e. The van der Waals surface area contributed by atoms with Crippen molar-refractivity contribution in [2.45, 2.75) is 31.6 Å². The minimum atomic E-state index is -2.83. The zero-order valence-electron chi connectivity index (χ0n) is 9.67. The van der Waals surface area contributed by atoms with Crippen LogP contribution in [0.1, 0.15) is 25.7 Å². The van der Waals surface area contributed by atoms with Crippen LogP contribution in [0.4, 0.5) is 8.78 Å². The van der Waals surface area contributed by atoms with Crippen molar-refractivity contribution < 1.29 is 23.1 Å². The Bertz CT molecular complexity index is 353. The monoisotopic (exact) mass is 247 g/mol. The Labute approximate surface area is 97.9 Å². The van der Waals surface area contributed by atoms with Crippen molar-refractivity contribution in [2.24, 2.45) is 5.41 Å². The lowest BCUT2D eigenvalue weighted by Crippen LogP contribution is -2.50. The number of piperidine rings is 1. The Hall–Kier alpha value is -1.20. The largest absolute Gasteiger partial charge is 0.468 e. The molecule has 2 aliphatic rings. The third kappa shape index (κ3) is 2.12. The van der Waals surface area contributed by atoms with Gasteiger partial charge in [0.05, 0.1) is 13.7 Å². The number of likely N-dealkylation sites (tertiary alicyclic amines) is 1. The van der Waals surface area contributed by atoms with E-state index in [0.29, 0.717) is 19.4 Å². The summed E-state index contributed by atoms with van der Waals surface area (Å²) in [6, 6.07) is 0. The average molecular weight is 247 g/mol. The van der Waals surface area contributed by atoms with Crippen LogP contribution in [0.5, 0.6) is 0 Å². The zero-order valence-corrected chi connectivity index (χ0v) is 9.67. The number of carbonyl (C=O) groups is 2. The number of hydrogen-bond acceptors (Lipinski definition) is 3. The maximum atomic E-state index is 13.2. The minimum absolute atomic E-state index is 0.192. The lowest BCUT2D eigenvalue weighted by molar-refractivity contribution is -0.160. The molecule has 0 N–H and O–H groups in total. The van der Waals surface area contributed by atoms with E-state index in [1.54, 1.807) is 0 Å². The smallest absolute Gasteiger partial charge is 0.321 e. The molecular weight excluding hydrogens is 232 g/mol. The number of rotatable bonds is 2. The molecule has 0 aromatic heterocycles. The average Bonchev–Trinajstić information content (AvgIpc) is 3.07. The van der Waals surface area contributed by atoms with Gasteiger partial charge in [-0.05, 0) is 19.3 Å². The number of halogens is 2. The summed E-state index contributed by atoms with van der Waals surface area (Å²) in [5.74, 6) is -3.93. The van der Waals surface area contributed by atoms with E-state index in [1.807, 2.05) is 0 Å². The molecule has 0 radical (unpaired) electrons. The summed E-state index contributed by atoms with van der Waals surface area (Å²) < 4.78 is 31.0. The predicted octanol–water partition coefficient (Wildman–Crippen LogP) is 1.20. The van der Waals surface area contributed by atoms with Crippen molar-refractivity contribution in [3.05, 3.63) is 0 Å². The Morgan fingerprint density at radius 2 is 1.88 bits per heavy atom. The van der Waals surface area contributed by atoms with Crippen LogP contribution in [0, 0.1) is 5.41 Å².